The van der Waals surface area contributed by atoms with Crippen molar-refractivity contribution in [2.75, 3.05) is 6.54 Å². The van der Waals surface area contributed by atoms with E-state index in [1.165, 1.54) is 23.1 Å². The van der Waals surface area contributed by atoms with E-state index in [0.717, 1.165) is 0 Å². The Hall–Kier alpha value is -2.12. The van der Waals surface area contributed by atoms with Gasteiger partial charge in [0.25, 0.3) is 5.91 Å². The number of aromatic nitrogens is 1. The van der Waals surface area contributed by atoms with E-state index < -0.39 is 0 Å². The highest BCUT2D eigenvalue weighted by atomic mass is 32.2. The molecule has 7 heteroatoms. The second-order valence-corrected chi connectivity index (χ2v) is 5.92. The van der Waals surface area contributed by atoms with Crippen LogP contribution in [0.25, 0.3) is 6.08 Å². The molecule has 5 nitrogen and oxygen atoms in total. The minimum atomic E-state index is -0.105. The average molecular weight is 317 g/mol. The number of aliphatic imine (C=N–C) groups is 1. The molecule has 0 saturated carbocycles. The fraction of sp³-hybridized carbons (Fsp3) is 0.0714. The van der Waals surface area contributed by atoms with Crippen molar-refractivity contribution in [2.45, 2.75) is 0 Å². The first kappa shape index (κ1) is 13.8. The molecule has 1 fully saturated rings. The van der Waals surface area contributed by atoms with Crippen molar-refractivity contribution in [2.24, 2.45) is 4.99 Å². The molecule has 0 atom stereocenters. The molecule has 106 valence electrons. The Labute approximate surface area is 129 Å². The molecule has 21 heavy (non-hydrogen) atoms. The summed E-state index contributed by atoms with van der Waals surface area (Å²) in [5.74, 6) is 0.534. The van der Waals surface area contributed by atoms with Gasteiger partial charge in [0.2, 0.25) is 5.13 Å². The van der Waals surface area contributed by atoms with Crippen molar-refractivity contribution in [1.29, 1.82) is 0 Å². The maximum atomic E-state index is 12.4. The van der Waals surface area contributed by atoms with Gasteiger partial charge in [-0.25, -0.2) is 4.98 Å². The second-order valence-electron chi connectivity index (χ2n) is 4.04. The molecule has 0 radical (unpaired) electrons. The fourth-order valence-electron chi connectivity index (χ4n) is 1.74. The quantitative estimate of drug-likeness (QED) is 0.639. The highest BCUT2D eigenvalue weighted by Gasteiger charge is 2.33. The van der Waals surface area contributed by atoms with Crippen LogP contribution < -0.4 is 0 Å². The van der Waals surface area contributed by atoms with Crippen molar-refractivity contribution < 1.29 is 9.21 Å². The first-order valence-corrected chi connectivity index (χ1v) is 7.81. The van der Waals surface area contributed by atoms with E-state index >= 15 is 0 Å². The van der Waals surface area contributed by atoms with E-state index in [4.69, 9.17) is 4.42 Å². The lowest BCUT2D eigenvalue weighted by Crippen LogP contribution is -2.29. The highest BCUT2D eigenvalue weighted by molar-refractivity contribution is 8.18. The maximum absolute atomic E-state index is 12.4. The van der Waals surface area contributed by atoms with Crippen LogP contribution in [0.4, 0.5) is 5.13 Å². The number of hydrogen-bond donors (Lipinski definition) is 0. The van der Waals surface area contributed by atoms with Gasteiger partial charge >= 0.3 is 0 Å². The lowest BCUT2D eigenvalue weighted by atomic mass is 10.3. The summed E-state index contributed by atoms with van der Waals surface area (Å²) in [4.78, 5) is 23.1. The monoisotopic (exact) mass is 317 g/mol. The zero-order valence-corrected chi connectivity index (χ0v) is 12.6. The summed E-state index contributed by atoms with van der Waals surface area (Å²) >= 11 is 2.73. The van der Waals surface area contributed by atoms with Crippen LogP contribution in [0.15, 0.2) is 56.9 Å². The summed E-state index contributed by atoms with van der Waals surface area (Å²) in [6.45, 7) is 4.09. The van der Waals surface area contributed by atoms with E-state index in [1.54, 1.807) is 41.6 Å². The minimum absolute atomic E-state index is 0.105. The molecule has 3 rings (SSSR count). The van der Waals surface area contributed by atoms with Gasteiger partial charge in [-0.3, -0.25) is 9.69 Å². The Morgan fingerprint density at radius 3 is 3.10 bits per heavy atom. The predicted octanol–water partition coefficient (Wildman–Crippen LogP) is 3.53. The molecular formula is C14H11N3O2S2. The molecule has 0 aromatic carbocycles. The molecular weight excluding hydrogens is 306 g/mol. The van der Waals surface area contributed by atoms with E-state index in [2.05, 4.69) is 16.6 Å². The Kier molecular flexibility index (Phi) is 4.03. The molecule has 1 saturated heterocycles. The highest BCUT2D eigenvalue weighted by Crippen LogP contribution is 2.34. The van der Waals surface area contributed by atoms with Crippen molar-refractivity contribution >= 4 is 45.4 Å². The molecule has 0 bridgehead atoms. The molecule has 2 aromatic heterocycles. The normalized spacial score (nSPS) is 18.9. The molecule has 2 aromatic rings. The summed E-state index contributed by atoms with van der Waals surface area (Å²) in [6, 6.07) is 3.58. The molecule has 3 heterocycles. The van der Waals surface area contributed by atoms with Crippen LogP contribution in [0.5, 0.6) is 0 Å². The lowest BCUT2D eigenvalue weighted by Gasteiger charge is -2.11. The minimum Gasteiger partial charge on any atom is -0.465 e. The number of furan rings is 1. The predicted molar refractivity (Wildman–Crippen MR) is 85.4 cm³/mol. The smallest absolute Gasteiger partial charge is 0.267 e. The summed E-state index contributed by atoms with van der Waals surface area (Å²) < 4.78 is 5.25. The third-order valence-electron chi connectivity index (χ3n) is 2.63. The van der Waals surface area contributed by atoms with Crippen LogP contribution in [-0.4, -0.2) is 27.5 Å². The van der Waals surface area contributed by atoms with Gasteiger partial charge in [0.05, 0.1) is 11.2 Å². The Morgan fingerprint density at radius 1 is 1.52 bits per heavy atom. The molecule has 0 unspecified atom stereocenters. The van der Waals surface area contributed by atoms with E-state index in [1.807, 2.05) is 5.38 Å². The van der Waals surface area contributed by atoms with Crippen LogP contribution in [-0.2, 0) is 4.79 Å². The van der Waals surface area contributed by atoms with Gasteiger partial charge in [-0.1, -0.05) is 6.08 Å². The zero-order valence-electron chi connectivity index (χ0n) is 10.9. The van der Waals surface area contributed by atoms with Gasteiger partial charge in [0.1, 0.15) is 5.76 Å². The van der Waals surface area contributed by atoms with Gasteiger partial charge < -0.3 is 4.42 Å². The Bertz CT molecular complexity index is 703. The number of rotatable bonds is 4. The molecule has 1 aliphatic heterocycles. The van der Waals surface area contributed by atoms with Gasteiger partial charge in [0.15, 0.2) is 5.17 Å². The number of hydrogen-bond acceptors (Lipinski definition) is 6. The second kappa shape index (κ2) is 6.11. The summed E-state index contributed by atoms with van der Waals surface area (Å²) in [5, 5.41) is 3.07. The number of carbonyl (C=O) groups is 1. The fourth-order valence-corrected chi connectivity index (χ4v) is 3.27. The van der Waals surface area contributed by atoms with Crippen LogP contribution in [0.1, 0.15) is 5.76 Å². The SMILES string of the molecule is C=CCN1C(=O)/C(=C/c2ccco2)SC1=Nc1nccs1. The van der Waals surface area contributed by atoms with E-state index in [9.17, 15) is 4.79 Å². The van der Waals surface area contributed by atoms with E-state index in [-0.39, 0.29) is 5.91 Å². The van der Waals surface area contributed by atoms with E-state index in [0.29, 0.717) is 27.5 Å². The molecule has 0 aliphatic carbocycles. The maximum Gasteiger partial charge on any atom is 0.267 e. The zero-order chi connectivity index (χ0) is 14.7. The topological polar surface area (TPSA) is 58.7 Å². The summed E-state index contributed by atoms with van der Waals surface area (Å²) in [7, 11) is 0. The molecule has 0 spiro atoms. The van der Waals surface area contributed by atoms with Crippen LogP contribution in [0.2, 0.25) is 0 Å². The standard InChI is InChI=1S/C14H11N3O2S2/c1-2-6-17-12(18)11(9-10-4-3-7-19-10)21-14(17)16-13-15-5-8-20-13/h2-5,7-9H,1,6H2/b11-9-,16-14?. The van der Waals surface area contributed by atoms with Gasteiger partial charge in [-0.05, 0) is 23.9 Å². The summed E-state index contributed by atoms with van der Waals surface area (Å²) in [5.41, 5.74) is 0. The molecule has 1 amide bonds. The summed E-state index contributed by atoms with van der Waals surface area (Å²) in [6.07, 6.45) is 6.64. The van der Waals surface area contributed by atoms with Crippen LogP contribution in [0.3, 0.4) is 0 Å². The van der Waals surface area contributed by atoms with Crippen molar-refractivity contribution in [3.8, 4) is 0 Å². The molecule has 0 N–H and O–H groups in total. The first-order valence-electron chi connectivity index (χ1n) is 6.12. The number of thioether (sulfide) groups is 1. The Morgan fingerprint density at radius 2 is 2.43 bits per heavy atom. The number of thiazole rings is 1. The number of amidine groups is 1. The van der Waals surface area contributed by atoms with Crippen LogP contribution >= 0.6 is 23.1 Å². The number of amides is 1. The largest absolute Gasteiger partial charge is 0.465 e. The van der Waals surface area contributed by atoms with Gasteiger partial charge in [-0.2, -0.15) is 4.99 Å². The third-order valence-corrected chi connectivity index (χ3v) is 4.30. The lowest BCUT2D eigenvalue weighted by molar-refractivity contribution is -0.121. The van der Waals surface area contributed by atoms with Crippen molar-refractivity contribution in [3.63, 3.8) is 0 Å². The first-order chi connectivity index (χ1) is 10.3. The number of nitrogens with zero attached hydrogens (tertiary/aromatic N) is 3. The van der Waals surface area contributed by atoms with Crippen LogP contribution in [0, 0.1) is 0 Å². The van der Waals surface area contributed by atoms with Gasteiger partial charge in [0, 0.05) is 24.2 Å². The van der Waals surface area contributed by atoms with Crippen molar-refractivity contribution in [3.05, 3.63) is 53.3 Å². The molecule has 1 aliphatic rings. The van der Waals surface area contributed by atoms with Crippen molar-refractivity contribution in [1.82, 2.24) is 9.88 Å². The van der Waals surface area contributed by atoms with Gasteiger partial charge in [-0.15, -0.1) is 17.9 Å². The third kappa shape index (κ3) is 2.98. The average Bonchev–Trinajstić information content (AvgIpc) is 3.19. The Balaban J connectivity index is 1.93. The number of carbonyl (C=O) groups excluding carboxylic acids is 1.